The van der Waals surface area contributed by atoms with Crippen molar-refractivity contribution < 1.29 is 4.74 Å². The Kier molecular flexibility index (Phi) is 4.90. The predicted molar refractivity (Wildman–Crippen MR) is 91.2 cm³/mol. The molecule has 0 saturated carbocycles. The molecule has 0 radical (unpaired) electrons. The van der Waals surface area contributed by atoms with E-state index in [1.807, 2.05) is 30.7 Å². The van der Waals surface area contributed by atoms with Gasteiger partial charge in [0.2, 0.25) is 0 Å². The van der Waals surface area contributed by atoms with Crippen LogP contribution in [-0.4, -0.2) is 36.3 Å². The van der Waals surface area contributed by atoms with E-state index in [2.05, 4.69) is 49.1 Å². The number of nitrogens with one attached hydrogen (secondary N) is 1. The lowest BCUT2D eigenvalue weighted by molar-refractivity contribution is 0.122. The molecule has 6 heteroatoms. The smallest absolute Gasteiger partial charge is 0.143 e. The fourth-order valence-electron chi connectivity index (χ4n) is 2.50. The molecule has 22 heavy (non-hydrogen) atoms. The molecular formula is C16H19BrN4O. The number of ether oxygens (including phenoxy) is 1. The third kappa shape index (κ3) is 3.56. The summed E-state index contributed by atoms with van der Waals surface area (Å²) in [6, 6.07) is 6.31. The van der Waals surface area contributed by atoms with E-state index >= 15 is 0 Å². The Bertz CT molecular complexity index is 617. The summed E-state index contributed by atoms with van der Waals surface area (Å²) in [7, 11) is 0. The Morgan fingerprint density at radius 3 is 2.68 bits per heavy atom. The van der Waals surface area contributed by atoms with Crippen LogP contribution in [0.15, 0.2) is 41.3 Å². The summed E-state index contributed by atoms with van der Waals surface area (Å²) in [5.74, 6) is 0.977. The van der Waals surface area contributed by atoms with Gasteiger partial charge in [0, 0.05) is 31.5 Å². The normalized spacial score (nSPS) is 16.4. The van der Waals surface area contributed by atoms with E-state index in [4.69, 9.17) is 4.74 Å². The van der Waals surface area contributed by atoms with Crippen LogP contribution in [0.3, 0.4) is 0 Å². The van der Waals surface area contributed by atoms with Crippen LogP contribution in [-0.2, 0) is 4.74 Å². The molecule has 0 bridgehead atoms. The molecule has 1 fully saturated rings. The number of anilines is 2. The Labute approximate surface area is 138 Å². The molecule has 1 aliphatic rings. The highest BCUT2D eigenvalue weighted by atomic mass is 79.9. The van der Waals surface area contributed by atoms with Crippen molar-refractivity contribution in [3.05, 3.63) is 46.8 Å². The molecule has 116 valence electrons. The third-order valence-corrected chi connectivity index (χ3v) is 4.31. The summed E-state index contributed by atoms with van der Waals surface area (Å²) < 4.78 is 6.39. The van der Waals surface area contributed by atoms with E-state index in [-0.39, 0.29) is 6.04 Å². The highest BCUT2D eigenvalue weighted by molar-refractivity contribution is 9.10. The molecule has 0 aromatic carbocycles. The largest absolute Gasteiger partial charge is 0.378 e. The minimum absolute atomic E-state index is 0.200. The molecule has 1 N–H and O–H groups in total. The Hall–Kier alpha value is -1.66. The number of pyridine rings is 2. The zero-order valence-corrected chi connectivity index (χ0v) is 14.1. The average molecular weight is 363 g/mol. The van der Waals surface area contributed by atoms with Crippen LogP contribution in [0.4, 0.5) is 11.5 Å². The second-order valence-corrected chi connectivity index (χ2v) is 6.13. The van der Waals surface area contributed by atoms with Crippen molar-refractivity contribution in [3.63, 3.8) is 0 Å². The van der Waals surface area contributed by atoms with Crippen LogP contribution in [0.5, 0.6) is 0 Å². The van der Waals surface area contributed by atoms with Gasteiger partial charge in [-0.15, -0.1) is 0 Å². The van der Waals surface area contributed by atoms with Crippen LogP contribution in [0.2, 0.25) is 0 Å². The highest BCUT2D eigenvalue weighted by Crippen LogP contribution is 2.28. The van der Waals surface area contributed by atoms with E-state index in [1.165, 1.54) is 5.56 Å². The first-order valence-electron chi connectivity index (χ1n) is 7.39. The number of hydrogen-bond acceptors (Lipinski definition) is 5. The second kappa shape index (κ2) is 7.07. The predicted octanol–water partition coefficient (Wildman–Crippen LogP) is 3.25. The Balaban J connectivity index is 1.71. The minimum Gasteiger partial charge on any atom is -0.378 e. The maximum atomic E-state index is 5.38. The van der Waals surface area contributed by atoms with Crippen LogP contribution >= 0.6 is 15.9 Å². The molecule has 5 nitrogen and oxygen atoms in total. The summed E-state index contributed by atoms with van der Waals surface area (Å²) in [6.07, 6.45) is 5.50. The SMILES string of the molecule is C[C@H](Nc1cnc(N2CCOCC2)c(Br)c1)c1ccncc1. The molecule has 1 saturated heterocycles. The molecule has 3 heterocycles. The summed E-state index contributed by atoms with van der Waals surface area (Å²) in [5, 5.41) is 3.47. The molecule has 2 aromatic heterocycles. The lowest BCUT2D eigenvalue weighted by atomic mass is 10.1. The highest BCUT2D eigenvalue weighted by Gasteiger charge is 2.16. The molecule has 1 aliphatic heterocycles. The molecular weight excluding hydrogens is 344 g/mol. The van der Waals surface area contributed by atoms with Gasteiger partial charge in [0.1, 0.15) is 5.82 Å². The molecule has 0 unspecified atom stereocenters. The van der Waals surface area contributed by atoms with Crippen molar-refractivity contribution in [2.24, 2.45) is 0 Å². The number of nitrogens with zero attached hydrogens (tertiary/aromatic N) is 3. The second-order valence-electron chi connectivity index (χ2n) is 5.28. The van der Waals surface area contributed by atoms with Crippen LogP contribution in [0, 0.1) is 0 Å². The zero-order valence-electron chi connectivity index (χ0n) is 12.5. The molecule has 0 amide bonds. The standard InChI is InChI=1S/C16H19BrN4O/c1-12(13-2-4-18-5-3-13)20-14-10-15(17)16(19-11-14)21-6-8-22-9-7-21/h2-5,10-12,20H,6-9H2,1H3/t12-/m0/s1. The van der Waals surface area contributed by atoms with E-state index in [9.17, 15) is 0 Å². The first-order chi connectivity index (χ1) is 10.7. The van der Waals surface area contributed by atoms with E-state index in [0.29, 0.717) is 0 Å². The molecule has 2 aromatic rings. The fraction of sp³-hybridized carbons (Fsp3) is 0.375. The molecule has 0 spiro atoms. The van der Waals surface area contributed by atoms with Crippen LogP contribution < -0.4 is 10.2 Å². The van der Waals surface area contributed by atoms with Crippen molar-refractivity contribution in [2.75, 3.05) is 36.5 Å². The number of morpholine rings is 1. The van der Waals surface area contributed by atoms with Crippen molar-refractivity contribution in [2.45, 2.75) is 13.0 Å². The fourth-order valence-corrected chi connectivity index (χ4v) is 3.10. The van der Waals surface area contributed by atoms with Gasteiger partial charge >= 0.3 is 0 Å². The van der Waals surface area contributed by atoms with Gasteiger partial charge in [-0.25, -0.2) is 4.98 Å². The van der Waals surface area contributed by atoms with Gasteiger partial charge in [0.15, 0.2) is 0 Å². The van der Waals surface area contributed by atoms with Crippen LogP contribution in [0.25, 0.3) is 0 Å². The quantitative estimate of drug-likeness (QED) is 0.904. The lowest BCUT2D eigenvalue weighted by Gasteiger charge is -2.28. The van der Waals surface area contributed by atoms with Crippen molar-refractivity contribution in [3.8, 4) is 0 Å². The first kappa shape index (κ1) is 15.2. The number of aromatic nitrogens is 2. The topological polar surface area (TPSA) is 50.3 Å². The monoisotopic (exact) mass is 362 g/mol. The van der Waals surface area contributed by atoms with E-state index in [0.717, 1.165) is 42.3 Å². The van der Waals surface area contributed by atoms with Gasteiger partial charge in [-0.1, -0.05) is 0 Å². The van der Waals surface area contributed by atoms with Gasteiger partial charge in [0.05, 0.1) is 29.6 Å². The van der Waals surface area contributed by atoms with Crippen LogP contribution in [0.1, 0.15) is 18.5 Å². The summed E-state index contributed by atoms with van der Waals surface area (Å²) in [4.78, 5) is 10.9. The first-order valence-corrected chi connectivity index (χ1v) is 8.18. The molecule has 1 atom stereocenters. The van der Waals surface area contributed by atoms with Crippen molar-refractivity contribution in [1.82, 2.24) is 9.97 Å². The Morgan fingerprint density at radius 1 is 1.27 bits per heavy atom. The van der Waals surface area contributed by atoms with Gasteiger partial charge < -0.3 is 15.0 Å². The van der Waals surface area contributed by atoms with Crippen molar-refractivity contribution >= 4 is 27.4 Å². The maximum Gasteiger partial charge on any atom is 0.143 e. The zero-order chi connectivity index (χ0) is 15.4. The summed E-state index contributed by atoms with van der Waals surface area (Å²) in [5.41, 5.74) is 2.19. The number of rotatable bonds is 4. The number of hydrogen-bond donors (Lipinski definition) is 1. The van der Waals surface area contributed by atoms with Gasteiger partial charge in [-0.05, 0) is 46.6 Å². The Morgan fingerprint density at radius 2 is 2.00 bits per heavy atom. The molecule has 3 rings (SSSR count). The van der Waals surface area contributed by atoms with Gasteiger partial charge in [-0.2, -0.15) is 0 Å². The third-order valence-electron chi connectivity index (χ3n) is 3.72. The van der Waals surface area contributed by atoms with Gasteiger partial charge in [-0.3, -0.25) is 4.98 Å². The summed E-state index contributed by atoms with van der Waals surface area (Å²) >= 11 is 3.63. The molecule has 0 aliphatic carbocycles. The lowest BCUT2D eigenvalue weighted by Crippen LogP contribution is -2.37. The minimum atomic E-state index is 0.200. The number of halogens is 1. The van der Waals surface area contributed by atoms with Gasteiger partial charge in [0.25, 0.3) is 0 Å². The van der Waals surface area contributed by atoms with Crippen molar-refractivity contribution in [1.29, 1.82) is 0 Å². The average Bonchev–Trinajstić information content (AvgIpc) is 2.56. The summed E-state index contributed by atoms with van der Waals surface area (Å²) in [6.45, 7) is 5.40. The maximum absolute atomic E-state index is 5.38. The van der Waals surface area contributed by atoms with E-state index in [1.54, 1.807) is 0 Å². The van der Waals surface area contributed by atoms with E-state index < -0.39 is 0 Å².